The summed E-state index contributed by atoms with van der Waals surface area (Å²) in [6.45, 7) is 4.38. The van der Waals surface area contributed by atoms with Gasteiger partial charge in [0.2, 0.25) is 10.0 Å². The van der Waals surface area contributed by atoms with E-state index in [0.29, 0.717) is 12.5 Å². The van der Waals surface area contributed by atoms with Crippen LogP contribution in [0.25, 0.3) is 0 Å². The van der Waals surface area contributed by atoms with Gasteiger partial charge in [0, 0.05) is 24.3 Å². The molecule has 0 aliphatic rings. The zero-order valence-corrected chi connectivity index (χ0v) is 14.0. The van der Waals surface area contributed by atoms with Crippen LogP contribution in [-0.4, -0.2) is 34.7 Å². The maximum Gasteiger partial charge on any atom is 0.261 e. The van der Waals surface area contributed by atoms with Gasteiger partial charge in [0.05, 0.1) is 9.79 Å². The largest absolute Gasteiger partial charge is 0.261 e. The van der Waals surface area contributed by atoms with Crippen molar-refractivity contribution in [3.63, 3.8) is 0 Å². The van der Waals surface area contributed by atoms with Gasteiger partial charge < -0.3 is 0 Å². The van der Waals surface area contributed by atoms with Crippen LogP contribution in [0.4, 0.5) is 0 Å². The van der Waals surface area contributed by atoms with Crippen LogP contribution in [-0.2, 0) is 19.1 Å². The third-order valence-electron chi connectivity index (χ3n) is 2.82. The molecule has 0 radical (unpaired) electrons. The van der Waals surface area contributed by atoms with Gasteiger partial charge in [-0.1, -0.05) is 19.9 Å². The van der Waals surface area contributed by atoms with Crippen LogP contribution in [0.2, 0.25) is 0 Å². The molecular weight excluding hydrogens is 322 g/mol. The summed E-state index contributed by atoms with van der Waals surface area (Å²) in [6, 6.07) is 5.05. The van der Waals surface area contributed by atoms with E-state index in [1.54, 1.807) is 0 Å². The molecule has 0 N–H and O–H groups in total. The van der Waals surface area contributed by atoms with Crippen LogP contribution in [0.5, 0.6) is 0 Å². The molecule has 0 atom stereocenters. The number of sulfonamides is 1. The van der Waals surface area contributed by atoms with E-state index in [0.717, 1.165) is 12.5 Å². The molecule has 0 heterocycles. The second-order valence-corrected chi connectivity index (χ2v) is 9.53. The van der Waals surface area contributed by atoms with Crippen molar-refractivity contribution < 1.29 is 16.8 Å². The Hall–Kier alpha value is -0.630. The number of benzene rings is 1. The molecule has 5 nitrogen and oxygen atoms in total. The van der Waals surface area contributed by atoms with E-state index in [4.69, 9.17) is 10.7 Å². The molecule has 0 aliphatic heterocycles. The lowest BCUT2D eigenvalue weighted by molar-refractivity contribution is 0.428. The lowest BCUT2D eigenvalue weighted by atomic mass is 10.1. The summed E-state index contributed by atoms with van der Waals surface area (Å²) in [5.74, 6) is 0.377. The summed E-state index contributed by atoms with van der Waals surface area (Å²) in [7, 11) is -0.956. The van der Waals surface area contributed by atoms with Gasteiger partial charge in [-0.05, 0) is 30.5 Å². The van der Waals surface area contributed by atoms with Crippen molar-refractivity contribution in [2.75, 3.05) is 13.6 Å². The predicted molar refractivity (Wildman–Crippen MR) is 78.8 cm³/mol. The molecule has 0 fully saturated rings. The third-order valence-corrected chi connectivity index (χ3v) is 6.02. The molecule has 0 saturated heterocycles. The van der Waals surface area contributed by atoms with Gasteiger partial charge in [-0.2, -0.15) is 0 Å². The molecular formula is C12H18ClNO4S2. The molecule has 0 saturated carbocycles. The monoisotopic (exact) mass is 339 g/mol. The molecule has 20 heavy (non-hydrogen) atoms. The minimum atomic E-state index is -3.95. The Morgan fingerprint density at radius 3 is 2.20 bits per heavy atom. The molecule has 0 aliphatic carbocycles. The molecule has 0 amide bonds. The first-order valence-electron chi connectivity index (χ1n) is 6.06. The molecule has 0 aromatic heterocycles. The number of hydrogen-bond donors (Lipinski definition) is 0. The highest BCUT2D eigenvalue weighted by Crippen LogP contribution is 2.21. The van der Waals surface area contributed by atoms with Crippen molar-refractivity contribution in [1.29, 1.82) is 0 Å². The molecule has 114 valence electrons. The van der Waals surface area contributed by atoms with Crippen molar-refractivity contribution in [2.24, 2.45) is 5.92 Å². The summed E-state index contributed by atoms with van der Waals surface area (Å²) in [5, 5.41) is 0. The standard InChI is InChI=1S/C12H18ClNO4S2/c1-10(2)7-8-14(3)20(17,18)12-6-4-5-11(9-12)19(13,15)16/h4-6,9-10H,7-8H2,1-3H3. The van der Waals surface area contributed by atoms with Crippen LogP contribution in [0.1, 0.15) is 20.3 Å². The van der Waals surface area contributed by atoms with Crippen molar-refractivity contribution in [1.82, 2.24) is 4.31 Å². The molecule has 0 bridgehead atoms. The lowest BCUT2D eigenvalue weighted by Crippen LogP contribution is -2.28. The quantitative estimate of drug-likeness (QED) is 0.745. The fourth-order valence-corrected chi connectivity index (χ4v) is 3.63. The van der Waals surface area contributed by atoms with Crippen LogP contribution in [0, 0.1) is 5.92 Å². The Morgan fingerprint density at radius 1 is 1.15 bits per heavy atom. The molecule has 1 aromatic rings. The van der Waals surface area contributed by atoms with E-state index in [9.17, 15) is 16.8 Å². The maximum absolute atomic E-state index is 12.3. The highest BCUT2D eigenvalue weighted by atomic mass is 35.7. The second-order valence-electron chi connectivity index (χ2n) is 4.92. The summed E-state index contributed by atoms with van der Waals surface area (Å²) in [4.78, 5) is -0.303. The topological polar surface area (TPSA) is 71.5 Å². The van der Waals surface area contributed by atoms with Crippen molar-refractivity contribution in [2.45, 2.75) is 30.1 Å². The van der Waals surface area contributed by atoms with Gasteiger partial charge >= 0.3 is 0 Å². The Bertz CT molecular complexity index is 668. The highest BCUT2D eigenvalue weighted by Gasteiger charge is 2.22. The molecule has 1 aromatic carbocycles. The Balaban J connectivity index is 3.10. The number of rotatable bonds is 6. The number of hydrogen-bond acceptors (Lipinski definition) is 4. The summed E-state index contributed by atoms with van der Waals surface area (Å²) in [5.41, 5.74) is 0. The van der Waals surface area contributed by atoms with Gasteiger partial charge in [0.1, 0.15) is 0 Å². The van der Waals surface area contributed by atoms with Gasteiger partial charge in [0.15, 0.2) is 0 Å². The highest BCUT2D eigenvalue weighted by molar-refractivity contribution is 8.13. The fraction of sp³-hybridized carbons (Fsp3) is 0.500. The smallest absolute Gasteiger partial charge is 0.207 e. The van der Waals surface area contributed by atoms with Gasteiger partial charge in [-0.25, -0.2) is 21.1 Å². The lowest BCUT2D eigenvalue weighted by Gasteiger charge is -2.18. The number of halogens is 1. The first kappa shape index (κ1) is 17.4. The maximum atomic E-state index is 12.3. The van der Waals surface area contributed by atoms with E-state index < -0.39 is 19.1 Å². The number of nitrogens with zero attached hydrogens (tertiary/aromatic N) is 1. The average Bonchev–Trinajstić information content (AvgIpc) is 2.34. The summed E-state index contributed by atoms with van der Waals surface area (Å²) in [6.07, 6.45) is 0.725. The Morgan fingerprint density at radius 2 is 1.70 bits per heavy atom. The van der Waals surface area contributed by atoms with E-state index in [1.165, 1.54) is 29.6 Å². The average molecular weight is 340 g/mol. The van der Waals surface area contributed by atoms with Crippen LogP contribution >= 0.6 is 10.7 Å². The van der Waals surface area contributed by atoms with Crippen molar-refractivity contribution >= 4 is 29.8 Å². The zero-order valence-electron chi connectivity index (χ0n) is 11.6. The Labute approximate surface area is 125 Å². The molecule has 8 heteroatoms. The van der Waals surface area contributed by atoms with Crippen molar-refractivity contribution in [3.05, 3.63) is 24.3 Å². The van der Waals surface area contributed by atoms with Crippen LogP contribution in [0.15, 0.2) is 34.1 Å². The predicted octanol–water partition coefficient (Wildman–Crippen LogP) is 2.28. The van der Waals surface area contributed by atoms with E-state index in [2.05, 4.69) is 0 Å². The first-order valence-corrected chi connectivity index (χ1v) is 9.81. The molecule has 0 spiro atoms. The minimum Gasteiger partial charge on any atom is -0.207 e. The van der Waals surface area contributed by atoms with E-state index in [1.807, 2.05) is 13.8 Å². The van der Waals surface area contributed by atoms with Gasteiger partial charge in [0.25, 0.3) is 9.05 Å². The second kappa shape index (κ2) is 6.43. The minimum absolute atomic E-state index is 0.0783. The first-order chi connectivity index (χ1) is 9.05. The van der Waals surface area contributed by atoms with E-state index in [-0.39, 0.29) is 9.79 Å². The fourth-order valence-electron chi connectivity index (χ4n) is 1.53. The van der Waals surface area contributed by atoms with Crippen molar-refractivity contribution in [3.8, 4) is 0 Å². The van der Waals surface area contributed by atoms with Crippen LogP contribution < -0.4 is 0 Å². The SMILES string of the molecule is CC(C)CCN(C)S(=O)(=O)c1cccc(S(=O)(=O)Cl)c1. The zero-order chi connectivity index (χ0) is 15.6. The normalized spacial score (nSPS) is 13.1. The Kier molecular flexibility index (Phi) is 5.60. The van der Waals surface area contributed by atoms with Gasteiger partial charge in [-0.3, -0.25) is 0 Å². The van der Waals surface area contributed by atoms with Gasteiger partial charge in [-0.15, -0.1) is 0 Å². The molecule has 1 rings (SSSR count). The molecule has 0 unspecified atom stereocenters. The summed E-state index contributed by atoms with van der Waals surface area (Å²) < 4.78 is 48.3. The van der Waals surface area contributed by atoms with Crippen LogP contribution in [0.3, 0.4) is 0 Å². The summed E-state index contributed by atoms with van der Waals surface area (Å²) >= 11 is 0. The van der Waals surface area contributed by atoms with E-state index >= 15 is 0 Å². The third kappa shape index (κ3) is 4.44.